The van der Waals surface area contributed by atoms with E-state index >= 15 is 0 Å². The first-order valence-electron chi connectivity index (χ1n) is 5.24. The van der Waals surface area contributed by atoms with Crippen molar-refractivity contribution in [3.05, 3.63) is 57.2 Å². The minimum Gasteiger partial charge on any atom is -0.366 e. The SMILES string of the molecule is Cc1cc(I)ccc1-c1cccc(C(N)=O)c1. The molecular weight excluding hydrogens is 325 g/mol. The van der Waals surface area contributed by atoms with Crippen LogP contribution in [0.2, 0.25) is 0 Å². The zero-order chi connectivity index (χ0) is 12.4. The van der Waals surface area contributed by atoms with E-state index in [9.17, 15) is 4.79 Å². The number of carbonyl (C=O) groups excluding carboxylic acids is 1. The van der Waals surface area contributed by atoms with Crippen LogP contribution in [0.25, 0.3) is 11.1 Å². The predicted octanol–water partition coefficient (Wildman–Crippen LogP) is 3.37. The minimum absolute atomic E-state index is 0.394. The lowest BCUT2D eigenvalue weighted by Gasteiger charge is -2.07. The Morgan fingerprint density at radius 3 is 2.59 bits per heavy atom. The fraction of sp³-hybridized carbons (Fsp3) is 0.0714. The molecule has 2 nitrogen and oxygen atoms in total. The number of halogens is 1. The third kappa shape index (κ3) is 2.66. The van der Waals surface area contributed by atoms with Gasteiger partial charge in [-0.3, -0.25) is 4.79 Å². The van der Waals surface area contributed by atoms with Gasteiger partial charge in [-0.2, -0.15) is 0 Å². The summed E-state index contributed by atoms with van der Waals surface area (Å²) in [7, 11) is 0. The van der Waals surface area contributed by atoms with Gasteiger partial charge in [0.25, 0.3) is 0 Å². The number of amides is 1. The number of hydrogen-bond acceptors (Lipinski definition) is 1. The third-order valence-electron chi connectivity index (χ3n) is 2.65. The molecule has 0 radical (unpaired) electrons. The lowest BCUT2D eigenvalue weighted by Crippen LogP contribution is -2.10. The van der Waals surface area contributed by atoms with E-state index in [-0.39, 0.29) is 0 Å². The zero-order valence-electron chi connectivity index (χ0n) is 9.41. The third-order valence-corrected chi connectivity index (χ3v) is 3.32. The lowest BCUT2D eigenvalue weighted by molar-refractivity contribution is 0.100. The average Bonchev–Trinajstić information content (AvgIpc) is 2.29. The number of primary amides is 1. The first-order chi connectivity index (χ1) is 8.08. The van der Waals surface area contributed by atoms with Crippen molar-refractivity contribution in [1.82, 2.24) is 0 Å². The number of aryl methyl sites for hydroxylation is 1. The second kappa shape index (κ2) is 4.87. The summed E-state index contributed by atoms with van der Waals surface area (Å²) in [6.45, 7) is 2.06. The van der Waals surface area contributed by atoms with Gasteiger partial charge in [0.1, 0.15) is 0 Å². The van der Waals surface area contributed by atoms with E-state index in [1.54, 1.807) is 6.07 Å². The molecule has 0 heterocycles. The molecule has 2 N–H and O–H groups in total. The van der Waals surface area contributed by atoms with Gasteiger partial charge in [-0.15, -0.1) is 0 Å². The molecule has 3 heteroatoms. The molecule has 2 rings (SSSR count). The summed E-state index contributed by atoms with van der Waals surface area (Å²) >= 11 is 2.28. The van der Waals surface area contributed by atoms with Gasteiger partial charge in [0.15, 0.2) is 0 Å². The molecule has 0 atom stereocenters. The van der Waals surface area contributed by atoms with Crippen molar-refractivity contribution in [3.63, 3.8) is 0 Å². The fourth-order valence-corrected chi connectivity index (χ4v) is 2.44. The van der Waals surface area contributed by atoms with Gasteiger partial charge in [-0.05, 0) is 70.5 Å². The highest BCUT2D eigenvalue weighted by Crippen LogP contribution is 2.25. The quantitative estimate of drug-likeness (QED) is 0.839. The summed E-state index contributed by atoms with van der Waals surface area (Å²) in [5.74, 6) is -0.394. The van der Waals surface area contributed by atoms with Crippen molar-refractivity contribution in [3.8, 4) is 11.1 Å². The largest absolute Gasteiger partial charge is 0.366 e. The molecule has 0 aromatic heterocycles. The highest BCUT2D eigenvalue weighted by molar-refractivity contribution is 14.1. The van der Waals surface area contributed by atoms with Crippen LogP contribution in [0.15, 0.2) is 42.5 Å². The van der Waals surface area contributed by atoms with E-state index in [2.05, 4.69) is 47.7 Å². The van der Waals surface area contributed by atoms with Crippen molar-refractivity contribution < 1.29 is 4.79 Å². The Morgan fingerprint density at radius 2 is 1.94 bits per heavy atom. The van der Waals surface area contributed by atoms with E-state index in [1.165, 1.54) is 9.13 Å². The van der Waals surface area contributed by atoms with Crippen LogP contribution in [0.4, 0.5) is 0 Å². The van der Waals surface area contributed by atoms with Crippen LogP contribution in [-0.4, -0.2) is 5.91 Å². The number of carbonyl (C=O) groups is 1. The maximum Gasteiger partial charge on any atom is 0.248 e. The second-order valence-corrected chi connectivity index (χ2v) is 5.15. The molecule has 0 fully saturated rings. The normalized spacial score (nSPS) is 10.2. The molecule has 1 amide bonds. The van der Waals surface area contributed by atoms with E-state index in [0.717, 1.165) is 11.1 Å². The van der Waals surface area contributed by atoms with Crippen molar-refractivity contribution in [2.24, 2.45) is 5.73 Å². The Morgan fingerprint density at radius 1 is 1.18 bits per heavy atom. The van der Waals surface area contributed by atoms with Gasteiger partial charge in [0.05, 0.1) is 0 Å². The van der Waals surface area contributed by atoms with Gasteiger partial charge < -0.3 is 5.73 Å². The summed E-state index contributed by atoms with van der Waals surface area (Å²) < 4.78 is 1.20. The van der Waals surface area contributed by atoms with Crippen LogP contribution < -0.4 is 5.73 Å². The second-order valence-electron chi connectivity index (χ2n) is 3.90. The van der Waals surface area contributed by atoms with Crippen molar-refractivity contribution >= 4 is 28.5 Å². The molecule has 0 aliphatic carbocycles. The summed E-state index contributed by atoms with van der Waals surface area (Å²) in [5, 5.41) is 0. The standard InChI is InChI=1S/C14H12INO/c1-9-7-12(15)5-6-13(9)10-3-2-4-11(8-10)14(16)17/h2-8H,1H3,(H2,16,17). The van der Waals surface area contributed by atoms with E-state index < -0.39 is 5.91 Å². The van der Waals surface area contributed by atoms with Crippen LogP contribution in [0.5, 0.6) is 0 Å². The van der Waals surface area contributed by atoms with Crippen LogP contribution in [0, 0.1) is 10.5 Å². The molecule has 0 aliphatic heterocycles. The smallest absolute Gasteiger partial charge is 0.248 e. The van der Waals surface area contributed by atoms with Gasteiger partial charge in [0, 0.05) is 9.13 Å². The maximum absolute atomic E-state index is 11.1. The van der Waals surface area contributed by atoms with Gasteiger partial charge in [-0.25, -0.2) is 0 Å². The van der Waals surface area contributed by atoms with E-state index in [4.69, 9.17) is 5.73 Å². The molecule has 0 bridgehead atoms. The summed E-state index contributed by atoms with van der Waals surface area (Å²) in [5.41, 5.74) is 9.17. The van der Waals surface area contributed by atoms with Crippen molar-refractivity contribution in [1.29, 1.82) is 0 Å². The molecule has 0 spiro atoms. The molecule has 0 unspecified atom stereocenters. The lowest BCUT2D eigenvalue weighted by atomic mass is 9.99. The molecule has 0 saturated carbocycles. The maximum atomic E-state index is 11.1. The summed E-state index contributed by atoms with van der Waals surface area (Å²) in [6, 6.07) is 13.6. The minimum atomic E-state index is -0.394. The van der Waals surface area contributed by atoms with Crippen LogP contribution in [0.1, 0.15) is 15.9 Å². The van der Waals surface area contributed by atoms with Crippen molar-refractivity contribution in [2.75, 3.05) is 0 Å². The Labute approximate surface area is 114 Å². The monoisotopic (exact) mass is 337 g/mol. The topological polar surface area (TPSA) is 43.1 Å². The Balaban J connectivity index is 2.53. The Hall–Kier alpha value is -1.36. The van der Waals surface area contributed by atoms with Gasteiger partial charge >= 0.3 is 0 Å². The fourth-order valence-electron chi connectivity index (χ4n) is 1.79. The van der Waals surface area contributed by atoms with Crippen molar-refractivity contribution in [2.45, 2.75) is 6.92 Å². The molecular formula is C14H12INO. The molecule has 2 aromatic rings. The number of rotatable bonds is 2. The molecule has 86 valence electrons. The Bertz CT molecular complexity index is 578. The molecule has 2 aromatic carbocycles. The van der Waals surface area contributed by atoms with Gasteiger partial charge in [-0.1, -0.05) is 18.2 Å². The summed E-state index contributed by atoms with van der Waals surface area (Å²) in [4.78, 5) is 11.1. The number of hydrogen-bond donors (Lipinski definition) is 1. The van der Waals surface area contributed by atoms with E-state index in [1.807, 2.05) is 18.2 Å². The highest BCUT2D eigenvalue weighted by Gasteiger charge is 2.05. The zero-order valence-corrected chi connectivity index (χ0v) is 11.6. The summed E-state index contributed by atoms with van der Waals surface area (Å²) in [6.07, 6.45) is 0. The number of nitrogens with two attached hydrogens (primary N) is 1. The Kier molecular flexibility index (Phi) is 3.47. The van der Waals surface area contributed by atoms with Gasteiger partial charge in [0.2, 0.25) is 5.91 Å². The molecule has 0 saturated heterocycles. The predicted molar refractivity (Wildman–Crippen MR) is 77.8 cm³/mol. The molecule has 17 heavy (non-hydrogen) atoms. The first kappa shape index (κ1) is 12.1. The van der Waals surface area contributed by atoms with Crippen LogP contribution in [-0.2, 0) is 0 Å². The van der Waals surface area contributed by atoms with E-state index in [0.29, 0.717) is 5.56 Å². The molecule has 0 aliphatic rings. The number of benzene rings is 2. The average molecular weight is 337 g/mol. The van der Waals surface area contributed by atoms with Crippen LogP contribution in [0.3, 0.4) is 0 Å². The highest BCUT2D eigenvalue weighted by atomic mass is 127. The first-order valence-corrected chi connectivity index (χ1v) is 6.32. The van der Waals surface area contributed by atoms with Crippen LogP contribution >= 0.6 is 22.6 Å².